The third-order valence-corrected chi connectivity index (χ3v) is 3.97. The van der Waals surface area contributed by atoms with E-state index in [0.717, 1.165) is 0 Å². The lowest BCUT2D eigenvalue weighted by Gasteiger charge is -2.09. The second kappa shape index (κ2) is 7.62. The smallest absolute Gasteiger partial charge is 0.309 e. The Balaban J connectivity index is 4.00. The predicted octanol–water partition coefficient (Wildman–Crippen LogP) is 0.637. The molecule has 0 saturated heterocycles. The zero-order valence-corrected chi connectivity index (χ0v) is 10.9. The van der Waals surface area contributed by atoms with E-state index in [9.17, 15) is 13.2 Å². The molecule has 0 N–H and O–H groups in total. The van der Waals surface area contributed by atoms with E-state index >= 15 is 0 Å². The highest BCUT2D eigenvalue weighted by Crippen LogP contribution is 2.05. The number of esters is 1. The Morgan fingerprint density at radius 1 is 1.38 bits per heavy atom. The van der Waals surface area contributed by atoms with Crippen LogP contribution in [0.15, 0.2) is 0 Å². The molecule has 0 rings (SSSR count). The molecule has 6 heteroatoms. The fraction of sp³-hybridized carbons (Fsp3) is 0.900. The van der Waals surface area contributed by atoms with Crippen molar-refractivity contribution in [3.63, 3.8) is 0 Å². The van der Waals surface area contributed by atoms with E-state index in [2.05, 4.69) is 4.74 Å². The number of rotatable bonds is 8. The van der Waals surface area contributed by atoms with Crippen LogP contribution >= 0.6 is 0 Å². The molecule has 0 aliphatic carbocycles. The summed E-state index contributed by atoms with van der Waals surface area (Å²) in [5.41, 5.74) is 0. The monoisotopic (exact) mass is 252 g/mol. The molecule has 16 heavy (non-hydrogen) atoms. The fourth-order valence-electron chi connectivity index (χ4n) is 1.26. The maximum absolute atomic E-state index is 11.6. The third-order valence-electron chi connectivity index (χ3n) is 2.06. The van der Waals surface area contributed by atoms with Gasteiger partial charge in [0.05, 0.1) is 24.5 Å². The summed E-state index contributed by atoms with van der Waals surface area (Å²) in [5, 5.41) is 0. The van der Waals surface area contributed by atoms with E-state index in [-0.39, 0.29) is 11.5 Å². The van der Waals surface area contributed by atoms with Gasteiger partial charge in [0.1, 0.15) is 0 Å². The Morgan fingerprint density at radius 2 is 2.00 bits per heavy atom. The highest BCUT2D eigenvalue weighted by atomic mass is 32.2. The number of hydrogen-bond acceptors (Lipinski definition) is 5. The van der Waals surface area contributed by atoms with E-state index in [1.807, 2.05) is 6.92 Å². The van der Waals surface area contributed by atoms with E-state index in [4.69, 9.17) is 4.74 Å². The van der Waals surface area contributed by atoms with Gasteiger partial charge in [0, 0.05) is 13.2 Å². The van der Waals surface area contributed by atoms with Crippen LogP contribution in [-0.4, -0.2) is 46.2 Å². The van der Waals surface area contributed by atoms with Crippen LogP contribution < -0.4 is 0 Å². The highest BCUT2D eigenvalue weighted by Gasteiger charge is 2.21. The molecule has 0 heterocycles. The number of methoxy groups -OCH3 is 1. The number of hydrogen-bond donors (Lipinski definition) is 0. The Hall–Kier alpha value is -0.620. The average molecular weight is 252 g/mol. The minimum atomic E-state index is -3.20. The second-order valence-electron chi connectivity index (χ2n) is 3.59. The first kappa shape index (κ1) is 15.4. The van der Waals surface area contributed by atoms with Gasteiger partial charge in [-0.1, -0.05) is 6.92 Å². The van der Waals surface area contributed by atoms with Crippen molar-refractivity contribution in [1.82, 2.24) is 0 Å². The lowest BCUT2D eigenvalue weighted by Crippen LogP contribution is -2.24. The standard InChI is InChI=1S/C10H20O5S/c1-4-15-6-5-7-16(12,13)8-9(2)10(11)14-3/h9H,4-8H2,1-3H3. The SMILES string of the molecule is CCOCCCS(=O)(=O)CC(C)C(=O)OC. The number of carbonyl (C=O) groups excluding carboxylic acids is 1. The molecule has 0 aromatic carbocycles. The molecule has 1 atom stereocenters. The summed E-state index contributed by atoms with van der Waals surface area (Å²) in [6, 6.07) is 0. The largest absolute Gasteiger partial charge is 0.469 e. The molecule has 0 aliphatic heterocycles. The zero-order valence-electron chi connectivity index (χ0n) is 10.1. The molecular formula is C10H20O5S. The molecular weight excluding hydrogens is 232 g/mol. The fourth-order valence-corrected chi connectivity index (χ4v) is 2.88. The van der Waals surface area contributed by atoms with Crippen molar-refractivity contribution < 1.29 is 22.7 Å². The first-order valence-corrected chi connectivity index (χ1v) is 7.11. The Kier molecular flexibility index (Phi) is 7.33. The molecule has 0 aromatic heterocycles. The van der Waals surface area contributed by atoms with Gasteiger partial charge in [-0.2, -0.15) is 0 Å². The molecule has 0 fully saturated rings. The highest BCUT2D eigenvalue weighted by molar-refractivity contribution is 7.91. The summed E-state index contributed by atoms with van der Waals surface area (Å²) in [7, 11) is -1.95. The average Bonchev–Trinajstić information content (AvgIpc) is 2.22. The zero-order chi connectivity index (χ0) is 12.6. The van der Waals surface area contributed by atoms with Gasteiger partial charge in [0.25, 0.3) is 0 Å². The number of ether oxygens (including phenoxy) is 2. The summed E-state index contributed by atoms with van der Waals surface area (Å²) < 4.78 is 32.6. The van der Waals surface area contributed by atoms with Gasteiger partial charge in [-0.15, -0.1) is 0 Å². The molecule has 0 aromatic rings. The van der Waals surface area contributed by atoms with Crippen LogP contribution in [-0.2, 0) is 24.1 Å². The van der Waals surface area contributed by atoms with E-state index in [1.165, 1.54) is 7.11 Å². The summed E-state index contributed by atoms with van der Waals surface area (Å²) in [4.78, 5) is 11.1. The van der Waals surface area contributed by atoms with E-state index < -0.39 is 21.7 Å². The second-order valence-corrected chi connectivity index (χ2v) is 5.82. The minimum Gasteiger partial charge on any atom is -0.469 e. The Labute approximate surface area is 97.0 Å². The van der Waals surface area contributed by atoms with Gasteiger partial charge in [-0.3, -0.25) is 4.79 Å². The molecule has 5 nitrogen and oxygen atoms in total. The lowest BCUT2D eigenvalue weighted by atomic mass is 10.2. The van der Waals surface area contributed by atoms with Crippen molar-refractivity contribution in [2.24, 2.45) is 5.92 Å². The molecule has 0 saturated carbocycles. The molecule has 0 radical (unpaired) electrons. The van der Waals surface area contributed by atoms with Gasteiger partial charge in [-0.25, -0.2) is 8.42 Å². The van der Waals surface area contributed by atoms with Crippen LogP contribution in [0.25, 0.3) is 0 Å². The van der Waals surface area contributed by atoms with Crippen LogP contribution in [0.4, 0.5) is 0 Å². The van der Waals surface area contributed by atoms with Crippen molar-refractivity contribution in [1.29, 1.82) is 0 Å². The van der Waals surface area contributed by atoms with Gasteiger partial charge < -0.3 is 9.47 Å². The van der Waals surface area contributed by atoms with E-state index in [0.29, 0.717) is 19.6 Å². The number of sulfone groups is 1. The molecule has 0 spiro atoms. The molecule has 1 unspecified atom stereocenters. The maximum Gasteiger partial charge on any atom is 0.309 e. The summed E-state index contributed by atoms with van der Waals surface area (Å²) in [6.45, 7) is 4.42. The van der Waals surface area contributed by atoms with Crippen LogP contribution in [0.1, 0.15) is 20.3 Å². The minimum absolute atomic E-state index is 0.0499. The van der Waals surface area contributed by atoms with Crippen LogP contribution in [0.2, 0.25) is 0 Å². The summed E-state index contributed by atoms with van der Waals surface area (Å²) in [6.07, 6.45) is 0.462. The van der Waals surface area contributed by atoms with Crippen LogP contribution in [0.3, 0.4) is 0 Å². The quantitative estimate of drug-likeness (QED) is 0.468. The van der Waals surface area contributed by atoms with Gasteiger partial charge in [-0.05, 0) is 13.3 Å². The van der Waals surface area contributed by atoms with Crippen molar-refractivity contribution in [3.05, 3.63) is 0 Å². The van der Waals surface area contributed by atoms with Crippen LogP contribution in [0.5, 0.6) is 0 Å². The van der Waals surface area contributed by atoms with Gasteiger partial charge in [0.15, 0.2) is 9.84 Å². The lowest BCUT2D eigenvalue weighted by molar-refractivity contribution is -0.144. The third kappa shape index (κ3) is 6.79. The molecule has 0 aliphatic rings. The summed E-state index contributed by atoms with van der Waals surface area (Å²) in [5.74, 6) is -1.21. The molecule has 0 bridgehead atoms. The molecule has 0 amide bonds. The van der Waals surface area contributed by atoms with Crippen molar-refractivity contribution >= 4 is 15.8 Å². The molecule has 96 valence electrons. The van der Waals surface area contributed by atoms with Crippen molar-refractivity contribution in [2.45, 2.75) is 20.3 Å². The topological polar surface area (TPSA) is 69.7 Å². The first-order valence-electron chi connectivity index (χ1n) is 5.29. The van der Waals surface area contributed by atoms with Crippen LogP contribution in [0, 0.1) is 5.92 Å². The van der Waals surface area contributed by atoms with Crippen molar-refractivity contribution in [2.75, 3.05) is 31.8 Å². The maximum atomic E-state index is 11.6. The normalized spacial score (nSPS) is 13.4. The number of carbonyl (C=O) groups is 1. The van der Waals surface area contributed by atoms with Gasteiger partial charge in [0.2, 0.25) is 0 Å². The van der Waals surface area contributed by atoms with E-state index in [1.54, 1.807) is 6.92 Å². The summed E-state index contributed by atoms with van der Waals surface area (Å²) >= 11 is 0. The first-order chi connectivity index (χ1) is 7.43. The van der Waals surface area contributed by atoms with Crippen molar-refractivity contribution in [3.8, 4) is 0 Å². The Morgan fingerprint density at radius 3 is 2.50 bits per heavy atom. The Bertz CT molecular complexity index is 296. The predicted molar refractivity (Wildman–Crippen MR) is 60.9 cm³/mol. The van der Waals surface area contributed by atoms with Gasteiger partial charge >= 0.3 is 5.97 Å².